The Hall–Kier alpha value is -2.08. The molecule has 0 aliphatic rings. The molecule has 0 aromatic heterocycles. The molecule has 6 heteroatoms. The summed E-state index contributed by atoms with van der Waals surface area (Å²) >= 11 is 0. The van der Waals surface area contributed by atoms with Crippen molar-refractivity contribution >= 4 is 12.1 Å². The highest BCUT2D eigenvalue weighted by atomic mass is 16.6. The molecule has 0 spiro atoms. The van der Waals surface area contributed by atoms with Crippen LogP contribution in [0.1, 0.15) is 51.7 Å². The fourth-order valence-electron chi connectivity index (χ4n) is 2.20. The third kappa shape index (κ3) is 9.72. The lowest BCUT2D eigenvalue weighted by Crippen LogP contribution is -2.32. The minimum absolute atomic E-state index is 0.161. The van der Waals surface area contributed by atoms with E-state index >= 15 is 0 Å². The molecular formula is C19H30N2O4. The monoisotopic (exact) mass is 350 g/mol. The van der Waals surface area contributed by atoms with Crippen molar-refractivity contribution in [3.63, 3.8) is 0 Å². The van der Waals surface area contributed by atoms with Crippen LogP contribution < -0.4 is 10.6 Å². The standard InChI is InChI=1S/C19H30N2O4/c1-5-24-17(22)11-8-12-20-13-15-9-6-7-10-16(15)14-21-18(23)25-19(2,3)4/h6-7,9-10,20H,5,8,11-14H2,1-4H3,(H,21,23). The molecule has 6 nitrogen and oxygen atoms in total. The lowest BCUT2D eigenvalue weighted by atomic mass is 10.1. The van der Waals surface area contributed by atoms with E-state index in [9.17, 15) is 9.59 Å². The van der Waals surface area contributed by atoms with Gasteiger partial charge in [-0.25, -0.2) is 4.79 Å². The third-order valence-electron chi connectivity index (χ3n) is 3.30. The first-order chi connectivity index (χ1) is 11.8. The lowest BCUT2D eigenvalue weighted by Gasteiger charge is -2.20. The van der Waals surface area contributed by atoms with Crippen LogP contribution in [0.3, 0.4) is 0 Å². The number of carbonyl (C=O) groups is 2. The van der Waals surface area contributed by atoms with Crippen LogP contribution in [0.4, 0.5) is 4.79 Å². The smallest absolute Gasteiger partial charge is 0.407 e. The van der Waals surface area contributed by atoms with Gasteiger partial charge in [-0.05, 0) is 51.8 Å². The predicted molar refractivity (Wildman–Crippen MR) is 97.1 cm³/mol. The molecule has 0 saturated heterocycles. The van der Waals surface area contributed by atoms with Crippen LogP contribution in [0, 0.1) is 0 Å². The Kier molecular flexibility index (Phi) is 8.99. The number of hydrogen-bond donors (Lipinski definition) is 2. The van der Waals surface area contributed by atoms with Crippen molar-refractivity contribution in [3.8, 4) is 0 Å². The van der Waals surface area contributed by atoms with Gasteiger partial charge < -0.3 is 20.1 Å². The second-order valence-corrected chi connectivity index (χ2v) is 6.71. The molecule has 1 aromatic rings. The Labute approximate surface area is 150 Å². The second-order valence-electron chi connectivity index (χ2n) is 6.71. The van der Waals surface area contributed by atoms with Gasteiger partial charge in [-0.2, -0.15) is 0 Å². The minimum Gasteiger partial charge on any atom is -0.466 e. The Morgan fingerprint density at radius 3 is 2.32 bits per heavy atom. The van der Waals surface area contributed by atoms with Gasteiger partial charge in [0.25, 0.3) is 0 Å². The van der Waals surface area contributed by atoms with Crippen LogP contribution in [0.25, 0.3) is 0 Å². The maximum absolute atomic E-state index is 11.8. The highest BCUT2D eigenvalue weighted by Gasteiger charge is 2.16. The zero-order valence-electron chi connectivity index (χ0n) is 15.7. The van der Waals surface area contributed by atoms with E-state index in [0.29, 0.717) is 26.1 Å². The van der Waals surface area contributed by atoms with Gasteiger partial charge in [-0.1, -0.05) is 24.3 Å². The molecule has 0 saturated carbocycles. The van der Waals surface area contributed by atoms with E-state index in [-0.39, 0.29) is 5.97 Å². The van der Waals surface area contributed by atoms with Crippen LogP contribution in [-0.4, -0.2) is 30.8 Å². The molecule has 0 atom stereocenters. The van der Waals surface area contributed by atoms with Gasteiger partial charge in [0.2, 0.25) is 0 Å². The molecule has 25 heavy (non-hydrogen) atoms. The molecule has 0 radical (unpaired) electrons. The predicted octanol–water partition coefficient (Wildman–Crippen LogP) is 3.14. The number of rotatable bonds is 9. The lowest BCUT2D eigenvalue weighted by molar-refractivity contribution is -0.143. The fourth-order valence-corrected chi connectivity index (χ4v) is 2.20. The minimum atomic E-state index is -0.510. The number of alkyl carbamates (subject to hydrolysis) is 1. The van der Waals surface area contributed by atoms with E-state index in [2.05, 4.69) is 10.6 Å². The first-order valence-electron chi connectivity index (χ1n) is 8.72. The van der Waals surface area contributed by atoms with E-state index in [1.165, 1.54) is 0 Å². The Morgan fingerprint density at radius 1 is 1.08 bits per heavy atom. The van der Waals surface area contributed by atoms with Gasteiger partial charge in [0.05, 0.1) is 6.61 Å². The van der Waals surface area contributed by atoms with Crippen LogP contribution in [0.15, 0.2) is 24.3 Å². The first kappa shape index (κ1) is 21.0. The van der Waals surface area contributed by atoms with Crippen molar-refractivity contribution < 1.29 is 19.1 Å². The number of hydrogen-bond acceptors (Lipinski definition) is 5. The average Bonchev–Trinajstić information content (AvgIpc) is 2.52. The van der Waals surface area contributed by atoms with E-state index in [4.69, 9.17) is 9.47 Å². The number of esters is 1. The van der Waals surface area contributed by atoms with E-state index in [1.54, 1.807) is 6.92 Å². The van der Waals surface area contributed by atoms with Crippen molar-refractivity contribution in [2.24, 2.45) is 0 Å². The number of amides is 1. The highest BCUT2D eigenvalue weighted by Crippen LogP contribution is 2.10. The summed E-state index contributed by atoms with van der Waals surface area (Å²) in [6, 6.07) is 7.90. The molecule has 0 unspecified atom stereocenters. The molecule has 0 aliphatic heterocycles. The number of ether oxygens (including phenoxy) is 2. The largest absolute Gasteiger partial charge is 0.466 e. The average molecular weight is 350 g/mol. The molecule has 140 valence electrons. The van der Waals surface area contributed by atoms with Crippen LogP contribution >= 0.6 is 0 Å². The van der Waals surface area contributed by atoms with E-state index < -0.39 is 11.7 Å². The van der Waals surface area contributed by atoms with Crippen molar-refractivity contribution in [1.82, 2.24) is 10.6 Å². The summed E-state index contributed by atoms with van der Waals surface area (Å²) in [4.78, 5) is 23.0. The first-order valence-corrected chi connectivity index (χ1v) is 8.72. The van der Waals surface area contributed by atoms with Crippen LogP contribution in [0.2, 0.25) is 0 Å². The van der Waals surface area contributed by atoms with Gasteiger partial charge in [-0.3, -0.25) is 4.79 Å². The van der Waals surface area contributed by atoms with Crippen LogP contribution in [0.5, 0.6) is 0 Å². The molecule has 1 amide bonds. The zero-order chi connectivity index (χ0) is 18.7. The number of carbonyl (C=O) groups excluding carboxylic acids is 2. The quantitative estimate of drug-likeness (QED) is 0.528. The Morgan fingerprint density at radius 2 is 1.72 bits per heavy atom. The maximum Gasteiger partial charge on any atom is 0.407 e. The van der Waals surface area contributed by atoms with E-state index in [0.717, 1.165) is 24.1 Å². The SMILES string of the molecule is CCOC(=O)CCCNCc1ccccc1CNC(=O)OC(C)(C)C. The summed E-state index contributed by atoms with van der Waals surface area (Å²) in [6.45, 7) is 9.54. The molecular weight excluding hydrogens is 320 g/mol. The van der Waals surface area contributed by atoms with Crippen molar-refractivity contribution in [2.75, 3.05) is 13.2 Å². The van der Waals surface area contributed by atoms with Gasteiger partial charge in [0.15, 0.2) is 0 Å². The van der Waals surface area contributed by atoms with Crippen molar-refractivity contribution in [1.29, 1.82) is 0 Å². The Bertz CT molecular complexity index is 553. The summed E-state index contributed by atoms with van der Waals surface area (Å²) in [5.41, 5.74) is 1.63. The summed E-state index contributed by atoms with van der Waals surface area (Å²) in [5, 5.41) is 6.09. The van der Waals surface area contributed by atoms with Gasteiger partial charge in [0.1, 0.15) is 5.60 Å². The number of nitrogens with one attached hydrogen (secondary N) is 2. The fraction of sp³-hybridized carbons (Fsp3) is 0.579. The van der Waals surface area contributed by atoms with E-state index in [1.807, 2.05) is 45.0 Å². The Balaban J connectivity index is 2.38. The molecule has 0 aliphatic carbocycles. The second kappa shape index (κ2) is 10.7. The summed E-state index contributed by atoms with van der Waals surface area (Å²) < 4.78 is 10.1. The van der Waals surface area contributed by atoms with Crippen molar-refractivity contribution in [3.05, 3.63) is 35.4 Å². The van der Waals surface area contributed by atoms with Crippen LogP contribution in [-0.2, 0) is 27.4 Å². The zero-order valence-corrected chi connectivity index (χ0v) is 15.7. The molecule has 0 bridgehead atoms. The summed E-state index contributed by atoms with van der Waals surface area (Å²) in [5.74, 6) is -0.161. The maximum atomic E-state index is 11.8. The van der Waals surface area contributed by atoms with Gasteiger partial charge in [-0.15, -0.1) is 0 Å². The highest BCUT2D eigenvalue weighted by molar-refractivity contribution is 5.69. The molecule has 0 heterocycles. The molecule has 2 N–H and O–H groups in total. The molecule has 1 aromatic carbocycles. The van der Waals surface area contributed by atoms with Crippen molar-refractivity contribution in [2.45, 2.75) is 59.2 Å². The summed E-state index contributed by atoms with van der Waals surface area (Å²) in [6.07, 6.45) is 0.726. The normalized spacial score (nSPS) is 11.0. The van der Waals surface area contributed by atoms with Gasteiger partial charge >= 0.3 is 12.1 Å². The third-order valence-corrected chi connectivity index (χ3v) is 3.30. The topological polar surface area (TPSA) is 76.7 Å². The molecule has 1 rings (SSSR count). The molecule has 0 fully saturated rings. The summed E-state index contributed by atoms with van der Waals surface area (Å²) in [7, 11) is 0. The van der Waals surface area contributed by atoms with Gasteiger partial charge in [0, 0.05) is 19.5 Å². The number of benzene rings is 1.